The Bertz CT molecular complexity index is 840. The van der Waals surface area contributed by atoms with Crippen molar-refractivity contribution in [1.29, 1.82) is 0 Å². The lowest BCUT2D eigenvalue weighted by atomic mass is 10.1. The first-order valence-electron chi connectivity index (χ1n) is 9.26. The van der Waals surface area contributed by atoms with Gasteiger partial charge in [-0.2, -0.15) is 0 Å². The summed E-state index contributed by atoms with van der Waals surface area (Å²) in [6.45, 7) is 7.50. The van der Waals surface area contributed by atoms with Crippen molar-refractivity contribution >= 4 is 23.4 Å². The Morgan fingerprint density at radius 3 is 2.14 bits per heavy atom. The van der Waals surface area contributed by atoms with Gasteiger partial charge in [0, 0.05) is 23.7 Å². The first-order chi connectivity index (χ1) is 13.3. The number of carbonyl (C=O) groups is 3. The average Bonchev–Trinajstić information content (AvgIpc) is 2.63. The summed E-state index contributed by atoms with van der Waals surface area (Å²) >= 11 is 0. The Balaban J connectivity index is 1.79. The number of carbonyl (C=O) groups excluding carboxylic acids is 3. The highest BCUT2D eigenvalue weighted by Crippen LogP contribution is 2.21. The molecular weight excluding hydrogens is 354 g/mol. The van der Waals surface area contributed by atoms with Gasteiger partial charge in [-0.15, -0.1) is 0 Å². The van der Waals surface area contributed by atoms with E-state index < -0.39 is 0 Å². The van der Waals surface area contributed by atoms with E-state index in [1.807, 2.05) is 39.0 Å². The molecule has 0 aromatic heterocycles. The number of amides is 3. The van der Waals surface area contributed by atoms with Gasteiger partial charge in [0.15, 0.2) is 0 Å². The fraction of sp³-hybridized carbons (Fsp3) is 0.318. The maximum Gasteiger partial charge on any atom is 0.251 e. The molecule has 0 bridgehead atoms. The van der Waals surface area contributed by atoms with Gasteiger partial charge in [0.05, 0.1) is 6.54 Å². The lowest BCUT2D eigenvalue weighted by Crippen LogP contribution is -2.39. The van der Waals surface area contributed by atoms with Gasteiger partial charge in [0.2, 0.25) is 11.8 Å². The molecule has 6 nitrogen and oxygen atoms in total. The zero-order valence-corrected chi connectivity index (χ0v) is 16.8. The summed E-state index contributed by atoms with van der Waals surface area (Å²) in [4.78, 5) is 36.3. The molecular formula is C22H27N3O3. The molecule has 0 spiro atoms. The van der Waals surface area contributed by atoms with Gasteiger partial charge in [0.25, 0.3) is 5.91 Å². The minimum absolute atomic E-state index is 0.0917. The largest absolute Gasteiger partial charge is 0.349 e. The summed E-state index contributed by atoms with van der Waals surface area (Å²) < 4.78 is 0. The van der Waals surface area contributed by atoms with Crippen LogP contribution in [-0.2, 0) is 9.59 Å². The third kappa shape index (κ3) is 6.23. The number of rotatable bonds is 7. The highest BCUT2D eigenvalue weighted by Gasteiger charge is 2.14. The summed E-state index contributed by atoms with van der Waals surface area (Å²) in [7, 11) is 0. The molecule has 0 aliphatic heterocycles. The number of benzene rings is 2. The second-order valence-corrected chi connectivity index (χ2v) is 7.04. The van der Waals surface area contributed by atoms with E-state index in [4.69, 9.17) is 0 Å². The highest BCUT2D eigenvalue weighted by atomic mass is 16.2. The maximum atomic E-state index is 12.2. The van der Waals surface area contributed by atoms with E-state index in [9.17, 15) is 14.4 Å². The van der Waals surface area contributed by atoms with Crippen LogP contribution in [0.4, 0.5) is 5.69 Å². The quantitative estimate of drug-likeness (QED) is 0.689. The Morgan fingerprint density at radius 2 is 1.54 bits per heavy atom. The van der Waals surface area contributed by atoms with Crippen LogP contribution in [0.15, 0.2) is 42.5 Å². The molecule has 2 aromatic rings. The van der Waals surface area contributed by atoms with Crippen molar-refractivity contribution in [3.05, 3.63) is 64.7 Å². The number of hydrogen-bond acceptors (Lipinski definition) is 3. The van der Waals surface area contributed by atoms with Crippen molar-refractivity contribution in [3.63, 3.8) is 0 Å². The summed E-state index contributed by atoms with van der Waals surface area (Å²) in [5.41, 5.74) is 4.41. The minimum Gasteiger partial charge on any atom is -0.349 e. The molecule has 2 aromatic carbocycles. The summed E-state index contributed by atoms with van der Waals surface area (Å²) in [5, 5.41) is 8.21. The summed E-state index contributed by atoms with van der Waals surface area (Å²) in [6, 6.07) is 12.5. The van der Waals surface area contributed by atoms with Crippen LogP contribution < -0.4 is 16.0 Å². The zero-order chi connectivity index (χ0) is 20.7. The molecule has 6 heteroatoms. The Labute approximate surface area is 165 Å². The van der Waals surface area contributed by atoms with Crippen LogP contribution in [0, 0.1) is 20.8 Å². The number of aryl methyl sites for hydroxylation is 3. The minimum atomic E-state index is -0.350. The van der Waals surface area contributed by atoms with E-state index >= 15 is 0 Å². The molecule has 0 saturated heterocycles. The Hall–Kier alpha value is -3.15. The fourth-order valence-electron chi connectivity index (χ4n) is 3.04. The second kappa shape index (κ2) is 9.69. The van der Waals surface area contributed by atoms with Gasteiger partial charge in [-0.05, 0) is 51.0 Å². The van der Waals surface area contributed by atoms with Crippen LogP contribution in [0.2, 0.25) is 0 Å². The Morgan fingerprint density at radius 1 is 0.929 bits per heavy atom. The molecule has 1 atom stereocenters. The number of hydrogen-bond donors (Lipinski definition) is 3. The summed E-state index contributed by atoms with van der Waals surface area (Å²) in [5.74, 6) is -0.818. The first kappa shape index (κ1) is 21.2. The van der Waals surface area contributed by atoms with E-state index in [0.717, 1.165) is 22.4 Å². The van der Waals surface area contributed by atoms with Crippen molar-refractivity contribution in [2.75, 3.05) is 11.9 Å². The van der Waals surface area contributed by atoms with Crippen LogP contribution in [0.5, 0.6) is 0 Å². The zero-order valence-electron chi connectivity index (χ0n) is 16.8. The topological polar surface area (TPSA) is 87.3 Å². The molecule has 0 aliphatic carbocycles. The average molecular weight is 381 g/mol. The molecule has 148 valence electrons. The van der Waals surface area contributed by atoms with Crippen molar-refractivity contribution in [2.45, 2.75) is 40.2 Å². The van der Waals surface area contributed by atoms with Crippen molar-refractivity contribution in [3.8, 4) is 0 Å². The van der Waals surface area contributed by atoms with E-state index in [0.29, 0.717) is 5.56 Å². The predicted molar refractivity (Wildman–Crippen MR) is 110 cm³/mol. The lowest BCUT2D eigenvalue weighted by molar-refractivity contribution is -0.124. The maximum absolute atomic E-state index is 12.2. The van der Waals surface area contributed by atoms with Crippen molar-refractivity contribution in [2.24, 2.45) is 0 Å². The SMILES string of the molecule is Cc1cc(C)c(NC(=O)CNC(=O)C[C@H](C)NC(=O)c2ccccc2)c(C)c1. The van der Waals surface area contributed by atoms with Gasteiger partial charge in [0.1, 0.15) is 0 Å². The van der Waals surface area contributed by atoms with Crippen molar-refractivity contribution < 1.29 is 14.4 Å². The molecule has 28 heavy (non-hydrogen) atoms. The molecule has 0 fully saturated rings. The van der Waals surface area contributed by atoms with Gasteiger partial charge < -0.3 is 16.0 Å². The van der Waals surface area contributed by atoms with E-state index in [2.05, 4.69) is 16.0 Å². The van der Waals surface area contributed by atoms with Gasteiger partial charge in [-0.25, -0.2) is 0 Å². The van der Waals surface area contributed by atoms with Gasteiger partial charge in [-0.1, -0.05) is 35.9 Å². The first-order valence-corrected chi connectivity index (χ1v) is 9.26. The van der Waals surface area contributed by atoms with E-state index in [1.54, 1.807) is 31.2 Å². The number of anilines is 1. The molecule has 2 rings (SSSR count). The molecule has 3 amide bonds. The van der Waals surface area contributed by atoms with Crippen molar-refractivity contribution in [1.82, 2.24) is 10.6 Å². The van der Waals surface area contributed by atoms with E-state index in [-0.39, 0.29) is 36.7 Å². The third-order valence-corrected chi connectivity index (χ3v) is 4.29. The second-order valence-electron chi connectivity index (χ2n) is 7.04. The van der Waals surface area contributed by atoms with Gasteiger partial charge >= 0.3 is 0 Å². The monoisotopic (exact) mass is 381 g/mol. The van der Waals surface area contributed by atoms with Gasteiger partial charge in [-0.3, -0.25) is 14.4 Å². The van der Waals surface area contributed by atoms with Crippen LogP contribution >= 0.6 is 0 Å². The predicted octanol–water partition coefficient (Wildman–Crippen LogP) is 2.88. The molecule has 0 radical (unpaired) electrons. The van der Waals surface area contributed by atoms with Crippen LogP contribution in [0.25, 0.3) is 0 Å². The standard InChI is InChI=1S/C22H27N3O3/c1-14-10-15(2)21(16(3)11-14)25-20(27)13-23-19(26)12-17(4)24-22(28)18-8-6-5-7-9-18/h5-11,17H,12-13H2,1-4H3,(H,23,26)(H,24,28)(H,25,27)/t17-/m0/s1. The molecule has 0 unspecified atom stereocenters. The third-order valence-electron chi connectivity index (χ3n) is 4.29. The molecule has 0 aliphatic rings. The lowest BCUT2D eigenvalue weighted by Gasteiger charge is -2.15. The van der Waals surface area contributed by atoms with Crippen LogP contribution in [0.1, 0.15) is 40.4 Å². The Kier molecular flexibility index (Phi) is 7.32. The van der Waals surface area contributed by atoms with Crippen LogP contribution in [0.3, 0.4) is 0 Å². The van der Waals surface area contributed by atoms with E-state index in [1.165, 1.54) is 0 Å². The highest BCUT2D eigenvalue weighted by molar-refractivity contribution is 5.96. The molecule has 0 saturated carbocycles. The summed E-state index contributed by atoms with van der Waals surface area (Å²) in [6.07, 6.45) is 0.0917. The molecule has 0 heterocycles. The fourth-order valence-corrected chi connectivity index (χ4v) is 3.04. The van der Waals surface area contributed by atoms with Crippen LogP contribution in [-0.4, -0.2) is 30.3 Å². The molecule has 3 N–H and O–H groups in total. The number of nitrogens with one attached hydrogen (secondary N) is 3. The smallest absolute Gasteiger partial charge is 0.251 e. The normalized spacial score (nSPS) is 11.4.